The van der Waals surface area contributed by atoms with Gasteiger partial charge in [-0.3, -0.25) is 9.52 Å². The van der Waals surface area contributed by atoms with Crippen molar-refractivity contribution in [1.82, 2.24) is 9.80 Å². The summed E-state index contributed by atoms with van der Waals surface area (Å²) in [5, 5.41) is 0. The molecule has 2 rings (SSSR count). The van der Waals surface area contributed by atoms with E-state index in [9.17, 15) is 13.2 Å². The average Bonchev–Trinajstić information content (AvgIpc) is 2.63. The molecule has 6 nitrogen and oxygen atoms in total. The van der Waals surface area contributed by atoms with Crippen LogP contribution in [0.15, 0.2) is 30.3 Å². The zero-order valence-corrected chi connectivity index (χ0v) is 18.0. The van der Waals surface area contributed by atoms with Crippen LogP contribution in [0, 0.1) is 5.92 Å². The molecule has 1 aliphatic rings. The van der Waals surface area contributed by atoms with E-state index in [2.05, 4.69) is 9.62 Å². The molecule has 1 saturated carbocycles. The molecule has 0 spiro atoms. The smallest absolute Gasteiger partial charge is 0.246 e. The highest BCUT2D eigenvalue weighted by atomic mass is 32.2. The number of anilines is 1. The van der Waals surface area contributed by atoms with Gasteiger partial charge in [0.25, 0.3) is 0 Å². The fourth-order valence-corrected chi connectivity index (χ4v) is 4.01. The number of carbonyl (C=O) groups excluding carboxylic acids is 1. The van der Waals surface area contributed by atoms with Crippen molar-refractivity contribution >= 4 is 27.7 Å². The van der Waals surface area contributed by atoms with E-state index in [0.717, 1.165) is 31.5 Å². The average molecular weight is 408 g/mol. The first kappa shape index (κ1) is 22.4. The van der Waals surface area contributed by atoms with E-state index in [4.69, 9.17) is 0 Å². The van der Waals surface area contributed by atoms with Gasteiger partial charge in [0.1, 0.15) is 0 Å². The van der Waals surface area contributed by atoms with E-state index in [0.29, 0.717) is 11.6 Å². The van der Waals surface area contributed by atoms with Crippen molar-refractivity contribution in [2.75, 3.05) is 44.7 Å². The number of carbonyl (C=O) groups is 1. The molecule has 1 aromatic rings. The highest BCUT2D eigenvalue weighted by Crippen LogP contribution is 2.24. The second-order valence-electron chi connectivity index (χ2n) is 7.92. The van der Waals surface area contributed by atoms with Crippen molar-refractivity contribution in [3.8, 4) is 0 Å². The molecule has 1 N–H and O–H groups in total. The van der Waals surface area contributed by atoms with Crippen molar-refractivity contribution in [3.63, 3.8) is 0 Å². The van der Waals surface area contributed by atoms with Gasteiger partial charge in [0.2, 0.25) is 15.9 Å². The topological polar surface area (TPSA) is 69.7 Å². The van der Waals surface area contributed by atoms with Crippen molar-refractivity contribution in [3.05, 3.63) is 35.9 Å². The van der Waals surface area contributed by atoms with Gasteiger partial charge in [-0.1, -0.05) is 31.4 Å². The maximum absolute atomic E-state index is 12.8. The molecule has 0 aromatic heterocycles. The molecule has 0 saturated heterocycles. The van der Waals surface area contributed by atoms with Gasteiger partial charge < -0.3 is 9.80 Å². The lowest BCUT2D eigenvalue weighted by molar-refractivity contribution is -0.126. The van der Waals surface area contributed by atoms with Crippen LogP contribution < -0.4 is 4.72 Å². The molecule has 0 atom stereocenters. The van der Waals surface area contributed by atoms with E-state index in [1.807, 2.05) is 19.0 Å². The van der Waals surface area contributed by atoms with E-state index in [-0.39, 0.29) is 5.91 Å². The number of amides is 1. The molecule has 7 heteroatoms. The maximum Gasteiger partial charge on any atom is 0.246 e. The van der Waals surface area contributed by atoms with Crippen LogP contribution in [0.4, 0.5) is 5.69 Å². The summed E-state index contributed by atoms with van der Waals surface area (Å²) >= 11 is 0. The monoisotopic (exact) mass is 407 g/mol. The van der Waals surface area contributed by atoms with Crippen molar-refractivity contribution < 1.29 is 13.2 Å². The third-order valence-corrected chi connectivity index (χ3v) is 5.57. The summed E-state index contributed by atoms with van der Waals surface area (Å²) in [6.45, 7) is 2.40. The number of nitrogens with one attached hydrogen (secondary N) is 1. The van der Waals surface area contributed by atoms with Crippen LogP contribution in [-0.4, -0.2) is 64.1 Å². The number of hydrogen-bond acceptors (Lipinski definition) is 4. The largest absolute Gasteiger partial charge is 0.338 e. The SMILES string of the molecule is CN(C)CCN(CC1CCCCC1)C(=O)/C=C/c1ccc(NS(C)(=O)=O)cc1. The Hall–Kier alpha value is -1.86. The first-order valence-electron chi connectivity index (χ1n) is 9.92. The van der Waals surface area contributed by atoms with Gasteiger partial charge in [-0.05, 0) is 56.6 Å². The molecule has 1 aliphatic carbocycles. The molecular weight excluding hydrogens is 374 g/mol. The number of hydrogen-bond donors (Lipinski definition) is 1. The number of sulfonamides is 1. The minimum absolute atomic E-state index is 0.0331. The predicted molar refractivity (Wildman–Crippen MR) is 116 cm³/mol. The summed E-state index contributed by atoms with van der Waals surface area (Å²) in [5.74, 6) is 0.639. The normalized spacial score (nSPS) is 15.9. The van der Waals surface area contributed by atoms with Gasteiger partial charge in [-0.2, -0.15) is 0 Å². The fraction of sp³-hybridized carbons (Fsp3) is 0.571. The third kappa shape index (κ3) is 8.44. The molecule has 0 unspecified atom stereocenters. The van der Waals surface area contributed by atoms with E-state index >= 15 is 0 Å². The first-order chi connectivity index (χ1) is 13.2. The Bertz CT molecular complexity index is 752. The summed E-state index contributed by atoms with van der Waals surface area (Å²) in [6, 6.07) is 6.97. The lowest BCUT2D eigenvalue weighted by Gasteiger charge is -2.30. The second-order valence-corrected chi connectivity index (χ2v) is 9.67. The van der Waals surface area contributed by atoms with Gasteiger partial charge in [-0.25, -0.2) is 8.42 Å². The van der Waals surface area contributed by atoms with Crippen LogP contribution >= 0.6 is 0 Å². The Morgan fingerprint density at radius 1 is 1.11 bits per heavy atom. The number of benzene rings is 1. The zero-order chi connectivity index (χ0) is 20.6. The molecular formula is C21H33N3O3S. The highest BCUT2D eigenvalue weighted by Gasteiger charge is 2.19. The van der Waals surface area contributed by atoms with Crippen LogP contribution in [-0.2, 0) is 14.8 Å². The Kier molecular flexibility index (Phi) is 8.51. The van der Waals surface area contributed by atoms with Crippen LogP contribution in [0.2, 0.25) is 0 Å². The van der Waals surface area contributed by atoms with Gasteiger partial charge in [0.15, 0.2) is 0 Å². The van der Waals surface area contributed by atoms with Crippen molar-refractivity contribution in [1.29, 1.82) is 0 Å². The van der Waals surface area contributed by atoms with E-state index in [1.54, 1.807) is 36.4 Å². The number of likely N-dealkylation sites (N-methyl/N-ethyl adjacent to an activating group) is 1. The Morgan fingerprint density at radius 2 is 1.75 bits per heavy atom. The molecule has 0 heterocycles. The zero-order valence-electron chi connectivity index (χ0n) is 17.2. The molecule has 1 amide bonds. The second kappa shape index (κ2) is 10.6. The maximum atomic E-state index is 12.8. The predicted octanol–water partition coefficient (Wildman–Crippen LogP) is 3.04. The third-order valence-electron chi connectivity index (χ3n) is 4.96. The summed E-state index contributed by atoms with van der Waals surface area (Å²) in [6.07, 6.45) is 10.8. The Balaban J connectivity index is 1.99. The van der Waals surface area contributed by atoms with Gasteiger partial charge >= 0.3 is 0 Å². The quantitative estimate of drug-likeness (QED) is 0.639. The molecule has 0 aliphatic heterocycles. The summed E-state index contributed by atoms with van der Waals surface area (Å²) in [4.78, 5) is 16.8. The lowest BCUT2D eigenvalue weighted by atomic mass is 9.89. The molecule has 1 aromatic carbocycles. The Morgan fingerprint density at radius 3 is 2.32 bits per heavy atom. The minimum atomic E-state index is -3.29. The van der Waals surface area contributed by atoms with E-state index in [1.165, 1.54) is 32.1 Å². The molecule has 28 heavy (non-hydrogen) atoms. The Labute approximate surface area is 169 Å². The molecule has 1 fully saturated rings. The standard InChI is InChI=1S/C21H33N3O3S/c1-23(2)15-16-24(17-19-7-5-4-6-8-19)21(25)14-11-18-9-12-20(13-10-18)22-28(3,26)27/h9-14,19,22H,4-8,15-17H2,1-3H3/b14-11+. The first-order valence-corrected chi connectivity index (χ1v) is 11.8. The van der Waals surface area contributed by atoms with Gasteiger partial charge in [-0.15, -0.1) is 0 Å². The van der Waals surface area contributed by atoms with Crippen LogP contribution in [0.3, 0.4) is 0 Å². The fourth-order valence-electron chi connectivity index (χ4n) is 3.44. The van der Waals surface area contributed by atoms with Crippen LogP contribution in [0.25, 0.3) is 6.08 Å². The molecule has 0 radical (unpaired) electrons. The minimum Gasteiger partial charge on any atom is -0.338 e. The van der Waals surface area contributed by atoms with Crippen molar-refractivity contribution in [2.24, 2.45) is 5.92 Å². The van der Waals surface area contributed by atoms with Crippen LogP contribution in [0.5, 0.6) is 0 Å². The lowest BCUT2D eigenvalue weighted by Crippen LogP contribution is -2.39. The molecule has 0 bridgehead atoms. The van der Waals surface area contributed by atoms with Crippen LogP contribution in [0.1, 0.15) is 37.7 Å². The number of nitrogens with zero attached hydrogens (tertiary/aromatic N) is 2. The molecule has 156 valence electrons. The summed E-state index contributed by atoms with van der Waals surface area (Å²) in [5.41, 5.74) is 1.37. The highest BCUT2D eigenvalue weighted by molar-refractivity contribution is 7.92. The summed E-state index contributed by atoms with van der Waals surface area (Å²) < 4.78 is 25.0. The van der Waals surface area contributed by atoms with Crippen molar-refractivity contribution in [2.45, 2.75) is 32.1 Å². The van der Waals surface area contributed by atoms with Gasteiger partial charge in [0, 0.05) is 31.4 Å². The van der Waals surface area contributed by atoms with Gasteiger partial charge in [0.05, 0.1) is 6.26 Å². The van der Waals surface area contributed by atoms with E-state index < -0.39 is 10.0 Å². The summed E-state index contributed by atoms with van der Waals surface area (Å²) in [7, 11) is 0.751. The number of rotatable bonds is 9.